The zero-order chi connectivity index (χ0) is 26.7. The van der Waals surface area contributed by atoms with Crippen molar-refractivity contribution in [1.29, 1.82) is 0 Å². The van der Waals surface area contributed by atoms with E-state index in [4.69, 9.17) is 0 Å². The Hall–Kier alpha value is -3.88. The monoisotopic (exact) mass is 505 g/mol. The van der Waals surface area contributed by atoms with Crippen molar-refractivity contribution in [2.24, 2.45) is 5.41 Å². The van der Waals surface area contributed by atoms with Gasteiger partial charge in [0, 0.05) is 24.2 Å². The Bertz CT molecular complexity index is 1200. The van der Waals surface area contributed by atoms with Crippen molar-refractivity contribution in [2.75, 3.05) is 41.3 Å². The molecule has 2 heterocycles. The van der Waals surface area contributed by atoms with Gasteiger partial charge >= 0.3 is 6.03 Å². The number of likely N-dealkylation sites (tertiary alicyclic amines) is 1. The maximum absolute atomic E-state index is 13.9. The second-order valence-corrected chi connectivity index (χ2v) is 10.7. The number of hydrogen-bond donors (Lipinski definition) is 2. The van der Waals surface area contributed by atoms with Gasteiger partial charge in [-0.3, -0.25) is 19.3 Å². The number of rotatable bonds is 4. The Morgan fingerprint density at radius 2 is 1.65 bits per heavy atom. The van der Waals surface area contributed by atoms with Gasteiger partial charge in [-0.15, -0.1) is 0 Å². The van der Waals surface area contributed by atoms with Crippen LogP contribution in [0.25, 0.3) is 0 Å². The fourth-order valence-electron chi connectivity index (χ4n) is 4.70. The van der Waals surface area contributed by atoms with E-state index in [1.807, 2.05) is 45.9 Å². The third-order valence-corrected chi connectivity index (χ3v) is 6.61. The van der Waals surface area contributed by atoms with E-state index in [0.717, 1.165) is 18.4 Å². The summed E-state index contributed by atoms with van der Waals surface area (Å²) in [4.78, 5) is 58.2. The minimum atomic E-state index is -1.06. The van der Waals surface area contributed by atoms with E-state index >= 15 is 0 Å². The molecule has 9 nitrogen and oxygen atoms in total. The number of hydrogen-bond acceptors (Lipinski definition) is 4. The zero-order valence-corrected chi connectivity index (χ0v) is 21.9. The zero-order valence-electron chi connectivity index (χ0n) is 21.9. The van der Waals surface area contributed by atoms with Crippen molar-refractivity contribution in [3.8, 4) is 0 Å². The summed E-state index contributed by atoms with van der Waals surface area (Å²) < 4.78 is 0. The highest BCUT2D eigenvalue weighted by Crippen LogP contribution is 2.35. The van der Waals surface area contributed by atoms with Crippen molar-refractivity contribution in [1.82, 2.24) is 10.2 Å². The number of benzene rings is 2. The average molecular weight is 506 g/mol. The molecular formula is C28H35N5O4. The van der Waals surface area contributed by atoms with Crippen LogP contribution in [-0.2, 0) is 14.4 Å². The third kappa shape index (κ3) is 5.93. The molecule has 4 rings (SSSR count). The van der Waals surface area contributed by atoms with Crippen molar-refractivity contribution in [3.05, 3.63) is 54.1 Å². The van der Waals surface area contributed by atoms with Crippen LogP contribution in [0.15, 0.2) is 48.5 Å². The predicted octanol–water partition coefficient (Wildman–Crippen LogP) is 3.53. The Morgan fingerprint density at radius 1 is 0.973 bits per heavy atom. The number of urea groups is 1. The largest absolute Gasteiger partial charge is 0.341 e. The van der Waals surface area contributed by atoms with E-state index in [-0.39, 0.29) is 24.9 Å². The van der Waals surface area contributed by atoms with Crippen LogP contribution >= 0.6 is 0 Å². The Labute approximate surface area is 217 Å². The Kier molecular flexibility index (Phi) is 7.52. The average Bonchev–Trinajstić information content (AvgIpc) is 3.36. The predicted molar refractivity (Wildman–Crippen MR) is 144 cm³/mol. The van der Waals surface area contributed by atoms with Gasteiger partial charge in [0.2, 0.25) is 11.8 Å². The molecule has 0 bridgehead atoms. The quantitative estimate of drug-likeness (QED) is 0.664. The van der Waals surface area contributed by atoms with Gasteiger partial charge in [-0.2, -0.15) is 0 Å². The molecule has 0 radical (unpaired) electrons. The molecule has 0 spiro atoms. The van der Waals surface area contributed by atoms with Crippen molar-refractivity contribution >= 4 is 40.8 Å². The lowest BCUT2D eigenvalue weighted by Crippen LogP contribution is -2.55. The van der Waals surface area contributed by atoms with E-state index in [9.17, 15) is 19.2 Å². The van der Waals surface area contributed by atoms with Gasteiger partial charge in [0.1, 0.15) is 12.6 Å². The van der Waals surface area contributed by atoms with E-state index in [0.29, 0.717) is 30.2 Å². The molecule has 1 unspecified atom stereocenters. The van der Waals surface area contributed by atoms with Gasteiger partial charge in [-0.05, 0) is 49.6 Å². The highest BCUT2D eigenvalue weighted by atomic mass is 16.2. The van der Waals surface area contributed by atoms with E-state index in [2.05, 4.69) is 10.6 Å². The molecule has 1 atom stereocenters. The molecule has 0 aromatic heterocycles. The van der Waals surface area contributed by atoms with Crippen LogP contribution in [0, 0.1) is 12.3 Å². The number of fused-ring (bicyclic) bond motifs is 1. The molecule has 1 fully saturated rings. The maximum atomic E-state index is 13.9. The number of carbonyl (C=O) groups is 4. The SMILES string of the molecule is Cc1cccc(NC(=O)NC2CN(C(=O)C(C)(C)C)c3ccccc3N(CC(=O)N3CCCC3)C2=O)c1. The van der Waals surface area contributed by atoms with E-state index < -0.39 is 23.4 Å². The molecule has 9 heteroatoms. The lowest BCUT2D eigenvalue weighted by molar-refractivity contribution is -0.131. The molecule has 2 aromatic rings. The number of nitrogens with zero attached hydrogens (tertiary/aromatic N) is 3. The minimum Gasteiger partial charge on any atom is -0.341 e. The summed E-state index contributed by atoms with van der Waals surface area (Å²) in [5, 5.41) is 5.53. The Morgan fingerprint density at radius 3 is 2.30 bits per heavy atom. The molecule has 5 amide bonds. The van der Waals surface area contributed by atoms with Crippen molar-refractivity contribution in [2.45, 2.75) is 46.6 Å². The first-order chi connectivity index (χ1) is 17.5. The van der Waals surface area contributed by atoms with Crippen molar-refractivity contribution in [3.63, 3.8) is 0 Å². The van der Waals surface area contributed by atoms with Crippen LogP contribution in [0.1, 0.15) is 39.2 Å². The molecule has 0 saturated carbocycles. The topological polar surface area (TPSA) is 102 Å². The molecular weight excluding hydrogens is 470 g/mol. The summed E-state index contributed by atoms with van der Waals surface area (Å²) in [6.07, 6.45) is 1.88. The summed E-state index contributed by atoms with van der Waals surface area (Å²) in [7, 11) is 0. The summed E-state index contributed by atoms with van der Waals surface area (Å²) in [5.41, 5.74) is 1.85. The molecule has 37 heavy (non-hydrogen) atoms. The number of anilines is 3. The first-order valence-corrected chi connectivity index (χ1v) is 12.7. The fraction of sp³-hybridized carbons (Fsp3) is 0.429. The minimum absolute atomic E-state index is 0.0540. The van der Waals surface area contributed by atoms with Gasteiger partial charge in [0.05, 0.1) is 17.9 Å². The molecule has 0 aliphatic carbocycles. The van der Waals surface area contributed by atoms with Crippen LogP contribution in [-0.4, -0.2) is 60.9 Å². The number of nitrogens with one attached hydrogen (secondary N) is 2. The fourth-order valence-corrected chi connectivity index (χ4v) is 4.70. The number of carbonyl (C=O) groups excluding carboxylic acids is 4. The molecule has 2 aliphatic rings. The van der Waals surface area contributed by atoms with Crippen LogP contribution < -0.4 is 20.4 Å². The normalized spacial score (nSPS) is 17.8. The van der Waals surface area contributed by atoms with E-state index in [1.54, 1.807) is 40.1 Å². The second kappa shape index (κ2) is 10.6. The maximum Gasteiger partial charge on any atom is 0.319 e. The first-order valence-electron chi connectivity index (χ1n) is 12.7. The molecule has 1 saturated heterocycles. The number of aryl methyl sites for hydroxylation is 1. The summed E-state index contributed by atoms with van der Waals surface area (Å²) in [5.74, 6) is -0.783. The lowest BCUT2D eigenvalue weighted by Gasteiger charge is -2.31. The summed E-state index contributed by atoms with van der Waals surface area (Å²) in [6.45, 7) is 8.47. The molecule has 196 valence electrons. The number of para-hydroxylation sites is 2. The van der Waals surface area contributed by atoms with Crippen LogP contribution in [0.3, 0.4) is 0 Å². The molecule has 2 aromatic carbocycles. The highest BCUT2D eigenvalue weighted by molar-refractivity contribution is 6.11. The van der Waals surface area contributed by atoms with Gasteiger partial charge in [-0.1, -0.05) is 45.0 Å². The third-order valence-electron chi connectivity index (χ3n) is 6.61. The summed E-state index contributed by atoms with van der Waals surface area (Å²) >= 11 is 0. The lowest BCUT2D eigenvalue weighted by atomic mass is 9.94. The second-order valence-electron chi connectivity index (χ2n) is 10.7. The summed E-state index contributed by atoms with van der Waals surface area (Å²) in [6, 6.07) is 12.8. The molecule has 2 aliphatic heterocycles. The molecule has 2 N–H and O–H groups in total. The number of amides is 5. The van der Waals surface area contributed by atoms with Gasteiger partial charge in [-0.25, -0.2) is 4.79 Å². The van der Waals surface area contributed by atoms with Crippen LogP contribution in [0.5, 0.6) is 0 Å². The van der Waals surface area contributed by atoms with Crippen LogP contribution in [0.4, 0.5) is 21.9 Å². The smallest absolute Gasteiger partial charge is 0.319 e. The first kappa shape index (κ1) is 26.2. The van der Waals surface area contributed by atoms with Gasteiger partial charge < -0.3 is 20.4 Å². The Balaban J connectivity index is 1.68. The van der Waals surface area contributed by atoms with Gasteiger partial charge in [0.15, 0.2) is 0 Å². The highest BCUT2D eigenvalue weighted by Gasteiger charge is 2.40. The standard InChI is InChI=1S/C28H35N5O4/c1-19-10-9-11-20(16-19)29-27(37)30-21-17-33(26(36)28(2,3)4)23-13-6-5-12-22(23)32(25(21)35)18-24(34)31-14-7-8-15-31/h5-6,9-13,16,21H,7-8,14-15,17-18H2,1-4H3,(H2,29,30,37). The van der Waals surface area contributed by atoms with Crippen molar-refractivity contribution < 1.29 is 19.2 Å². The van der Waals surface area contributed by atoms with E-state index in [1.165, 1.54) is 4.90 Å². The van der Waals surface area contributed by atoms with Crippen LogP contribution in [0.2, 0.25) is 0 Å². The van der Waals surface area contributed by atoms with Gasteiger partial charge in [0.25, 0.3) is 5.91 Å².